The SMILES string of the molecule is C=CCNc1nc(C)cn1-c1cc(F)ccc1F. The third-order valence-corrected chi connectivity index (χ3v) is 2.40. The molecule has 2 aromatic rings. The van der Waals surface area contributed by atoms with Crippen molar-refractivity contribution in [2.24, 2.45) is 0 Å². The highest BCUT2D eigenvalue weighted by molar-refractivity contribution is 5.44. The largest absolute Gasteiger partial charge is 0.352 e. The number of hydrogen-bond donors (Lipinski definition) is 1. The van der Waals surface area contributed by atoms with E-state index in [-0.39, 0.29) is 5.69 Å². The predicted octanol–water partition coefficient (Wildman–Crippen LogP) is 3.06. The molecule has 2 rings (SSSR count). The summed E-state index contributed by atoms with van der Waals surface area (Å²) in [6.07, 6.45) is 3.31. The molecule has 3 nitrogen and oxygen atoms in total. The van der Waals surface area contributed by atoms with Crippen LogP contribution in [0.15, 0.2) is 37.1 Å². The summed E-state index contributed by atoms with van der Waals surface area (Å²) in [5, 5.41) is 2.97. The zero-order chi connectivity index (χ0) is 13.1. The van der Waals surface area contributed by atoms with E-state index >= 15 is 0 Å². The molecule has 0 fully saturated rings. The summed E-state index contributed by atoms with van der Waals surface area (Å²) in [4.78, 5) is 4.21. The molecular weight excluding hydrogens is 236 g/mol. The van der Waals surface area contributed by atoms with Crippen LogP contribution in [0, 0.1) is 18.6 Å². The molecule has 94 valence electrons. The van der Waals surface area contributed by atoms with Gasteiger partial charge in [-0.1, -0.05) is 6.08 Å². The van der Waals surface area contributed by atoms with Crippen LogP contribution < -0.4 is 5.32 Å². The van der Waals surface area contributed by atoms with E-state index in [9.17, 15) is 8.78 Å². The van der Waals surface area contributed by atoms with E-state index in [1.165, 1.54) is 4.57 Å². The molecule has 0 aliphatic carbocycles. The van der Waals surface area contributed by atoms with Crippen LogP contribution in [-0.4, -0.2) is 16.1 Å². The second-order valence-corrected chi connectivity index (χ2v) is 3.84. The number of anilines is 1. The molecule has 0 radical (unpaired) electrons. The van der Waals surface area contributed by atoms with Gasteiger partial charge < -0.3 is 5.32 Å². The highest BCUT2D eigenvalue weighted by atomic mass is 19.1. The lowest BCUT2D eigenvalue weighted by Gasteiger charge is -2.09. The van der Waals surface area contributed by atoms with Crippen LogP contribution in [0.4, 0.5) is 14.7 Å². The standard InChI is InChI=1S/C13H13F2N3/c1-3-6-16-13-17-9(2)8-18(13)12-7-10(14)4-5-11(12)15/h3-5,7-8H,1,6H2,2H3,(H,16,17). The first kappa shape index (κ1) is 12.3. The summed E-state index contributed by atoms with van der Waals surface area (Å²) in [5.74, 6) is -0.542. The Balaban J connectivity index is 2.48. The Morgan fingerprint density at radius 2 is 2.22 bits per heavy atom. The zero-order valence-electron chi connectivity index (χ0n) is 9.95. The summed E-state index contributed by atoms with van der Waals surface area (Å²) >= 11 is 0. The molecule has 0 saturated heterocycles. The maximum Gasteiger partial charge on any atom is 0.208 e. The quantitative estimate of drug-likeness (QED) is 0.844. The van der Waals surface area contributed by atoms with Crippen molar-refractivity contribution in [3.63, 3.8) is 0 Å². The molecule has 0 atom stereocenters. The minimum Gasteiger partial charge on any atom is -0.352 e. The first-order valence-electron chi connectivity index (χ1n) is 5.48. The number of nitrogens with one attached hydrogen (secondary N) is 1. The van der Waals surface area contributed by atoms with Gasteiger partial charge in [0.1, 0.15) is 11.6 Å². The highest BCUT2D eigenvalue weighted by Gasteiger charge is 2.11. The highest BCUT2D eigenvalue weighted by Crippen LogP contribution is 2.20. The predicted molar refractivity (Wildman–Crippen MR) is 66.9 cm³/mol. The van der Waals surface area contributed by atoms with Gasteiger partial charge in [0.25, 0.3) is 0 Å². The molecule has 1 N–H and O–H groups in total. The molecule has 0 spiro atoms. The van der Waals surface area contributed by atoms with Crippen LogP contribution in [0.3, 0.4) is 0 Å². The molecule has 0 bridgehead atoms. The van der Waals surface area contributed by atoms with E-state index in [1.54, 1.807) is 19.2 Å². The lowest BCUT2D eigenvalue weighted by molar-refractivity contribution is 0.593. The minimum atomic E-state index is -0.504. The smallest absolute Gasteiger partial charge is 0.208 e. The van der Waals surface area contributed by atoms with E-state index in [4.69, 9.17) is 0 Å². The van der Waals surface area contributed by atoms with Gasteiger partial charge in [-0.15, -0.1) is 6.58 Å². The van der Waals surface area contributed by atoms with Crippen molar-refractivity contribution in [2.45, 2.75) is 6.92 Å². The second kappa shape index (κ2) is 5.00. The molecule has 0 saturated carbocycles. The lowest BCUT2D eigenvalue weighted by Crippen LogP contribution is -2.07. The third-order valence-electron chi connectivity index (χ3n) is 2.40. The minimum absolute atomic E-state index is 0.127. The van der Waals surface area contributed by atoms with Gasteiger partial charge in [0.2, 0.25) is 5.95 Å². The molecule has 1 aromatic heterocycles. The molecule has 0 amide bonds. The van der Waals surface area contributed by atoms with Crippen molar-refractivity contribution in [2.75, 3.05) is 11.9 Å². The van der Waals surface area contributed by atoms with Crippen molar-refractivity contribution < 1.29 is 8.78 Å². The van der Waals surface area contributed by atoms with Gasteiger partial charge in [0.15, 0.2) is 0 Å². The van der Waals surface area contributed by atoms with Crippen LogP contribution >= 0.6 is 0 Å². The normalized spacial score (nSPS) is 10.4. The van der Waals surface area contributed by atoms with E-state index in [0.29, 0.717) is 18.2 Å². The van der Waals surface area contributed by atoms with E-state index in [0.717, 1.165) is 18.2 Å². The molecule has 18 heavy (non-hydrogen) atoms. The van der Waals surface area contributed by atoms with Crippen LogP contribution in [0.5, 0.6) is 0 Å². The number of benzene rings is 1. The molecule has 0 unspecified atom stereocenters. The number of aromatic nitrogens is 2. The van der Waals surface area contributed by atoms with E-state index < -0.39 is 11.6 Å². The maximum atomic E-state index is 13.7. The van der Waals surface area contributed by atoms with Gasteiger partial charge in [-0.3, -0.25) is 4.57 Å². The Bertz CT molecular complexity index is 576. The average Bonchev–Trinajstić information content (AvgIpc) is 2.71. The summed E-state index contributed by atoms with van der Waals surface area (Å²) in [7, 11) is 0. The summed E-state index contributed by atoms with van der Waals surface area (Å²) in [6, 6.07) is 3.31. The fourth-order valence-corrected chi connectivity index (χ4v) is 1.64. The average molecular weight is 249 g/mol. The van der Waals surface area contributed by atoms with Crippen molar-refractivity contribution >= 4 is 5.95 Å². The van der Waals surface area contributed by atoms with E-state index in [2.05, 4.69) is 16.9 Å². The number of imidazole rings is 1. The van der Waals surface area contributed by atoms with Crippen molar-refractivity contribution in [3.8, 4) is 5.69 Å². The molecule has 0 aliphatic heterocycles. The zero-order valence-corrected chi connectivity index (χ0v) is 9.95. The van der Waals surface area contributed by atoms with Gasteiger partial charge in [0.05, 0.1) is 11.4 Å². The number of hydrogen-bond acceptors (Lipinski definition) is 2. The first-order chi connectivity index (χ1) is 8.61. The van der Waals surface area contributed by atoms with Crippen LogP contribution in [-0.2, 0) is 0 Å². The molecule has 0 aliphatic rings. The van der Waals surface area contributed by atoms with Crippen LogP contribution in [0.2, 0.25) is 0 Å². The third kappa shape index (κ3) is 2.40. The number of nitrogens with zero attached hydrogens (tertiary/aromatic N) is 2. The van der Waals surface area contributed by atoms with Crippen molar-refractivity contribution in [3.05, 3.63) is 54.4 Å². The Hall–Kier alpha value is -2.17. The van der Waals surface area contributed by atoms with E-state index in [1.807, 2.05) is 0 Å². The Labute approximate surface area is 104 Å². The van der Waals surface area contributed by atoms with Gasteiger partial charge >= 0.3 is 0 Å². The first-order valence-corrected chi connectivity index (χ1v) is 5.48. The molecule has 1 heterocycles. The molecule has 5 heteroatoms. The lowest BCUT2D eigenvalue weighted by atomic mass is 10.3. The van der Waals surface area contributed by atoms with Gasteiger partial charge in [-0.05, 0) is 19.1 Å². The van der Waals surface area contributed by atoms with Gasteiger partial charge in [-0.2, -0.15) is 0 Å². The fourth-order valence-electron chi connectivity index (χ4n) is 1.64. The Morgan fingerprint density at radius 1 is 1.44 bits per heavy atom. The Kier molecular flexibility index (Phi) is 3.41. The maximum absolute atomic E-state index is 13.7. The molecule has 1 aromatic carbocycles. The van der Waals surface area contributed by atoms with Crippen molar-refractivity contribution in [1.29, 1.82) is 0 Å². The topological polar surface area (TPSA) is 29.9 Å². The Morgan fingerprint density at radius 3 is 2.94 bits per heavy atom. The summed E-state index contributed by atoms with van der Waals surface area (Å²) in [6.45, 7) is 5.86. The number of rotatable bonds is 4. The van der Waals surface area contributed by atoms with Gasteiger partial charge in [-0.25, -0.2) is 13.8 Å². The number of aryl methyl sites for hydroxylation is 1. The summed E-state index contributed by atoms with van der Waals surface area (Å²) in [5.41, 5.74) is 0.840. The van der Waals surface area contributed by atoms with Crippen molar-refractivity contribution in [1.82, 2.24) is 9.55 Å². The van der Waals surface area contributed by atoms with Crippen LogP contribution in [0.25, 0.3) is 5.69 Å². The summed E-state index contributed by atoms with van der Waals surface area (Å²) < 4.78 is 28.4. The number of halogens is 2. The second-order valence-electron chi connectivity index (χ2n) is 3.84. The fraction of sp³-hybridized carbons (Fsp3) is 0.154. The van der Waals surface area contributed by atoms with Gasteiger partial charge in [0, 0.05) is 18.8 Å². The monoisotopic (exact) mass is 249 g/mol. The molecular formula is C13H13F2N3. The van der Waals surface area contributed by atoms with Crippen LogP contribution in [0.1, 0.15) is 5.69 Å².